The Labute approximate surface area is 116 Å². The lowest BCUT2D eigenvalue weighted by atomic mass is 10.1. The number of H-pyrrole nitrogens is 1. The molecule has 1 N–H and O–H groups in total. The number of nitrogens with zero attached hydrogens (tertiary/aromatic N) is 3. The Bertz CT molecular complexity index is 771. The van der Waals surface area contributed by atoms with Gasteiger partial charge in [0, 0.05) is 29.9 Å². The Hall–Kier alpha value is -2.14. The SMILES string of the molecule is CCc1c[nH]c2ncc(-c3cnc4n3CCOC4)cc12. The molecule has 1 aliphatic rings. The summed E-state index contributed by atoms with van der Waals surface area (Å²) in [5, 5.41) is 1.20. The summed E-state index contributed by atoms with van der Waals surface area (Å²) in [6.45, 7) is 4.36. The van der Waals surface area contributed by atoms with E-state index < -0.39 is 0 Å². The van der Waals surface area contributed by atoms with Crippen molar-refractivity contribution >= 4 is 11.0 Å². The van der Waals surface area contributed by atoms with Crippen molar-refractivity contribution in [3.8, 4) is 11.3 Å². The third-order valence-electron chi connectivity index (χ3n) is 3.92. The molecule has 3 aromatic heterocycles. The minimum atomic E-state index is 0.597. The summed E-state index contributed by atoms with van der Waals surface area (Å²) >= 11 is 0. The van der Waals surface area contributed by atoms with Crippen LogP contribution in [-0.2, 0) is 24.3 Å². The van der Waals surface area contributed by atoms with E-state index in [1.807, 2.05) is 18.6 Å². The van der Waals surface area contributed by atoms with Crippen LogP contribution in [0.2, 0.25) is 0 Å². The number of nitrogens with one attached hydrogen (secondary N) is 1. The Morgan fingerprint density at radius 3 is 3.20 bits per heavy atom. The zero-order valence-electron chi connectivity index (χ0n) is 11.4. The van der Waals surface area contributed by atoms with Crippen molar-refractivity contribution in [2.24, 2.45) is 0 Å². The zero-order valence-corrected chi connectivity index (χ0v) is 11.4. The van der Waals surface area contributed by atoms with E-state index in [0.29, 0.717) is 6.61 Å². The van der Waals surface area contributed by atoms with Crippen molar-refractivity contribution in [2.75, 3.05) is 6.61 Å². The van der Waals surface area contributed by atoms with Gasteiger partial charge < -0.3 is 14.3 Å². The van der Waals surface area contributed by atoms with Crippen LogP contribution in [0.1, 0.15) is 18.3 Å². The van der Waals surface area contributed by atoms with Crippen LogP contribution in [0.5, 0.6) is 0 Å². The lowest BCUT2D eigenvalue weighted by Crippen LogP contribution is -2.17. The molecular formula is C15H16N4O. The van der Waals surface area contributed by atoms with Crippen molar-refractivity contribution in [2.45, 2.75) is 26.5 Å². The maximum atomic E-state index is 5.44. The van der Waals surface area contributed by atoms with Gasteiger partial charge >= 0.3 is 0 Å². The predicted molar refractivity (Wildman–Crippen MR) is 76.3 cm³/mol. The average molecular weight is 268 g/mol. The van der Waals surface area contributed by atoms with E-state index in [0.717, 1.165) is 42.3 Å². The Kier molecular flexibility index (Phi) is 2.60. The molecule has 4 rings (SSSR count). The van der Waals surface area contributed by atoms with Crippen molar-refractivity contribution in [3.05, 3.63) is 36.0 Å². The fraction of sp³-hybridized carbons (Fsp3) is 0.333. The molecule has 0 amide bonds. The summed E-state index contributed by atoms with van der Waals surface area (Å²) in [7, 11) is 0. The molecule has 0 aliphatic carbocycles. The van der Waals surface area contributed by atoms with Crippen LogP contribution >= 0.6 is 0 Å². The highest BCUT2D eigenvalue weighted by Crippen LogP contribution is 2.26. The van der Waals surface area contributed by atoms with Gasteiger partial charge in [-0.15, -0.1) is 0 Å². The van der Waals surface area contributed by atoms with Gasteiger partial charge in [0.15, 0.2) is 0 Å². The highest BCUT2D eigenvalue weighted by atomic mass is 16.5. The summed E-state index contributed by atoms with van der Waals surface area (Å²) in [6.07, 6.45) is 6.88. The average Bonchev–Trinajstić information content (AvgIpc) is 3.10. The van der Waals surface area contributed by atoms with Gasteiger partial charge in [0.05, 0.1) is 18.5 Å². The van der Waals surface area contributed by atoms with Gasteiger partial charge in [-0.3, -0.25) is 0 Å². The van der Waals surface area contributed by atoms with E-state index >= 15 is 0 Å². The third-order valence-corrected chi connectivity index (χ3v) is 3.92. The predicted octanol–water partition coefficient (Wildman–Crippen LogP) is 2.52. The number of ether oxygens (including phenoxy) is 1. The summed E-state index contributed by atoms with van der Waals surface area (Å²) in [5.74, 6) is 0.996. The molecular weight excluding hydrogens is 252 g/mol. The number of aromatic nitrogens is 4. The molecule has 0 aromatic carbocycles. The molecule has 5 nitrogen and oxygen atoms in total. The van der Waals surface area contributed by atoms with Crippen LogP contribution in [0.25, 0.3) is 22.3 Å². The molecule has 0 saturated heterocycles. The second-order valence-electron chi connectivity index (χ2n) is 5.05. The van der Waals surface area contributed by atoms with Crippen molar-refractivity contribution in [3.63, 3.8) is 0 Å². The van der Waals surface area contributed by atoms with Crippen molar-refractivity contribution in [1.82, 2.24) is 19.5 Å². The Morgan fingerprint density at radius 2 is 2.30 bits per heavy atom. The van der Waals surface area contributed by atoms with Gasteiger partial charge in [-0.1, -0.05) is 6.92 Å². The van der Waals surface area contributed by atoms with Gasteiger partial charge in [-0.05, 0) is 18.1 Å². The topological polar surface area (TPSA) is 55.7 Å². The number of aromatic amines is 1. The van der Waals surface area contributed by atoms with Crippen LogP contribution in [0.3, 0.4) is 0 Å². The summed E-state index contributed by atoms with van der Waals surface area (Å²) in [6, 6.07) is 2.21. The monoisotopic (exact) mass is 268 g/mol. The van der Waals surface area contributed by atoms with Crippen molar-refractivity contribution in [1.29, 1.82) is 0 Å². The first-order chi connectivity index (χ1) is 9.86. The number of hydrogen-bond acceptors (Lipinski definition) is 3. The molecule has 0 spiro atoms. The van der Waals surface area contributed by atoms with E-state index in [9.17, 15) is 0 Å². The molecule has 0 fully saturated rings. The minimum Gasteiger partial charge on any atom is -0.372 e. The molecule has 0 unspecified atom stereocenters. The van der Waals surface area contributed by atoms with E-state index in [-0.39, 0.29) is 0 Å². The zero-order chi connectivity index (χ0) is 13.5. The molecule has 20 heavy (non-hydrogen) atoms. The quantitative estimate of drug-likeness (QED) is 0.777. The first-order valence-electron chi connectivity index (χ1n) is 6.95. The molecule has 3 aromatic rings. The van der Waals surface area contributed by atoms with E-state index in [2.05, 4.69) is 32.5 Å². The fourth-order valence-electron chi connectivity index (χ4n) is 2.82. The third kappa shape index (κ3) is 1.67. The van der Waals surface area contributed by atoms with E-state index in [1.54, 1.807) is 0 Å². The van der Waals surface area contributed by atoms with Gasteiger partial charge in [0.25, 0.3) is 0 Å². The van der Waals surface area contributed by atoms with Gasteiger partial charge in [-0.25, -0.2) is 9.97 Å². The maximum absolute atomic E-state index is 5.44. The van der Waals surface area contributed by atoms with Crippen LogP contribution in [0.15, 0.2) is 24.7 Å². The van der Waals surface area contributed by atoms with E-state index in [4.69, 9.17) is 4.74 Å². The number of rotatable bonds is 2. The number of aryl methyl sites for hydroxylation is 1. The molecule has 102 valence electrons. The van der Waals surface area contributed by atoms with Crippen LogP contribution in [0.4, 0.5) is 0 Å². The van der Waals surface area contributed by atoms with Gasteiger partial charge in [0.2, 0.25) is 0 Å². The highest BCUT2D eigenvalue weighted by molar-refractivity contribution is 5.84. The molecule has 4 heterocycles. The van der Waals surface area contributed by atoms with E-state index in [1.165, 1.54) is 10.9 Å². The number of pyridine rings is 1. The molecule has 1 aliphatic heterocycles. The highest BCUT2D eigenvalue weighted by Gasteiger charge is 2.16. The number of fused-ring (bicyclic) bond motifs is 2. The molecule has 0 saturated carbocycles. The summed E-state index contributed by atoms with van der Waals surface area (Å²) in [5.41, 5.74) is 4.50. The largest absolute Gasteiger partial charge is 0.372 e. The van der Waals surface area contributed by atoms with Crippen LogP contribution < -0.4 is 0 Å². The molecule has 0 atom stereocenters. The fourth-order valence-corrected chi connectivity index (χ4v) is 2.82. The maximum Gasteiger partial charge on any atom is 0.137 e. The first-order valence-corrected chi connectivity index (χ1v) is 6.95. The Balaban J connectivity index is 1.87. The van der Waals surface area contributed by atoms with Gasteiger partial charge in [-0.2, -0.15) is 0 Å². The smallest absolute Gasteiger partial charge is 0.137 e. The standard InChI is InChI=1S/C15H16N4O/c1-2-10-6-17-15-12(10)5-11(7-18-15)13-8-16-14-9-20-4-3-19(13)14/h5-8H,2-4,9H2,1H3,(H,17,18). The Morgan fingerprint density at radius 1 is 1.35 bits per heavy atom. The lowest BCUT2D eigenvalue weighted by Gasteiger charge is -2.17. The first kappa shape index (κ1) is 11.7. The van der Waals surface area contributed by atoms with Crippen LogP contribution in [-0.4, -0.2) is 26.1 Å². The molecule has 0 radical (unpaired) electrons. The van der Waals surface area contributed by atoms with Gasteiger partial charge in [0.1, 0.15) is 18.1 Å². The summed E-state index contributed by atoms with van der Waals surface area (Å²) < 4.78 is 7.66. The normalized spacial score (nSPS) is 14.7. The number of hydrogen-bond donors (Lipinski definition) is 1. The number of imidazole rings is 1. The van der Waals surface area contributed by atoms with Crippen molar-refractivity contribution < 1.29 is 4.74 Å². The lowest BCUT2D eigenvalue weighted by molar-refractivity contribution is 0.0821. The summed E-state index contributed by atoms with van der Waals surface area (Å²) in [4.78, 5) is 12.2. The second-order valence-corrected chi connectivity index (χ2v) is 5.05. The molecule has 5 heteroatoms. The second kappa shape index (κ2) is 4.45. The minimum absolute atomic E-state index is 0.597. The van der Waals surface area contributed by atoms with Crippen LogP contribution in [0, 0.1) is 0 Å². The molecule has 0 bridgehead atoms.